The predicted octanol–water partition coefficient (Wildman–Crippen LogP) is 3.89. The summed E-state index contributed by atoms with van der Waals surface area (Å²) in [4.78, 5) is 12.5. The second-order valence-corrected chi connectivity index (χ2v) is 8.93. The minimum Gasteiger partial charge on any atom is -0.355 e. The summed E-state index contributed by atoms with van der Waals surface area (Å²) in [6.07, 6.45) is 7.08. The van der Waals surface area contributed by atoms with Gasteiger partial charge < -0.3 is 15.1 Å². The number of hydrogen-bond acceptors (Lipinski definition) is 5. The van der Waals surface area contributed by atoms with Gasteiger partial charge in [-0.3, -0.25) is 4.90 Å². The molecule has 3 aromatic rings. The minimum absolute atomic E-state index is 0.671. The van der Waals surface area contributed by atoms with Crippen molar-refractivity contribution in [2.24, 2.45) is 0 Å². The van der Waals surface area contributed by atoms with Crippen LogP contribution < -0.4 is 10.2 Å². The van der Waals surface area contributed by atoms with Crippen LogP contribution in [0.3, 0.4) is 0 Å². The molecule has 0 bridgehead atoms. The Labute approximate surface area is 184 Å². The van der Waals surface area contributed by atoms with Gasteiger partial charge in [-0.1, -0.05) is 42.5 Å². The molecular formula is C26H29N5. The average molecular weight is 412 g/mol. The maximum absolute atomic E-state index is 4.95. The van der Waals surface area contributed by atoms with Gasteiger partial charge in [-0.15, -0.1) is 0 Å². The highest BCUT2D eigenvalue weighted by Gasteiger charge is 2.37. The smallest absolute Gasteiger partial charge is 0.0944 e. The third kappa shape index (κ3) is 3.68. The van der Waals surface area contributed by atoms with E-state index < -0.39 is 0 Å². The average Bonchev–Trinajstić information content (AvgIpc) is 3.28. The van der Waals surface area contributed by atoms with Crippen molar-refractivity contribution in [3.63, 3.8) is 0 Å². The van der Waals surface area contributed by atoms with E-state index in [0.29, 0.717) is 6.04 Å². The molecule has 2 aliphatic heterocycles. The molecule has 2 fully saturated rings. The number of rotatable bonds is 4. The van der Waals surface area contributed by atoms with Gasteiger partial charge in [0.2, 0.25) is 0 Å². The first-order valence-corrected chi connectivity index (χ1v) is 11.5. The van der Waals surface area contributed by atoms with Gasteiger partial charge in [-0.25, -0.2) is 4.98 Å². The Balaban J connectivity index is 1.14. The Hall–Kier alpha value is -2.89. The monoisotopic (exact) mass is 411 g/mol. The topological polar surface area (TPSA) is 34.6 Å². The van der Waals surface area contributed by atoms with Crippen molar-refractivity contribution in [2.45, 2.75) is 24.9 Å². The molecule has 158 valence electrons. The maximum Gasteiger partial charge on any atom is 0.0944 e. The Morgan fingerprint density at radius 2 is 1.65 bits per heavy atom. The van der Waals surface area contributed by atoms with Crippen LogP contribution in [0.4, 0.5) is 5.69 Å². The van der Waals surface area contributed by atoms with Gasteiger partial charge in [0.1, 0.15) is 0 Å². The van der Waals surface area contributed by atoms with E-state index >= 15 is 0 Å². The minimum atomic E-state index is 0.671. The van der Waals surface area contributed by atoms with Crippen LogP contribution in [0.15, 0.2) is 73.1 Å². The number of fused-ring (bicyclic) bond motifs is 1. The zero-order valence-electron chi connectivity index (χ0n) is 17.8. The van der Waals surface area contributed by atoms with E-state index in [-0.39, 0.29) is 0 Å². The summed E-state index contributed by atoms with van der Waals surface area (Å²) in [7, 11) is 0. The third-order valence-electron chi connectivity index (χ3n) is 7.06. The van der Waals surface area contributed by atoms with Crippen LogP contribution in [0.1, 0.15) is 12.8 Å². The standard InChI is InChI=1S/C26H29N5/c1-2-4-20(5-3-1)25-9-7-21-6-8-22(18-26(21)28-25)30-14-15-31(19-30)24-16-23(17-24)29-12-10-27-11-13-29/h1-9,14-15,18,23-24,27H,10-13,16-17,19H2. The highest BCUT2D eigenvalue weighted by molar-refractivity contribution is 5.85. The Bertz CT molecular complexity index is 1080. The Morgan fingerprint density at radius 1 is 0.839 bits per heavy atom. The zero-order valence-corrected chi connectivity index (χ0v) is 17.8. The summed E-state index contributed by atoms with van der Waals surface area (Å²) in [5.41, 5.74) is 4.44. The molecule has 1 aliphatic carbocycles. The van der Waals surface area contributed by atoms with E-state index in [0.717, 1.165) is 42.6 Å². The molecule has 31 heavy (non-hydrogen) atoms. The van der Waals surface area contributed by atoms with Crippen LogP contribution in [0, 0.1) is 0 Å². The van der Waals surface area contributed by atoms with Crippen LogP contribution in [-0.2, 0) is 0 Å². The summed E-state index contributed by atoms with van der Waals surface area (Å²) in [5, 5.41) is 4.64. The van der Waals surface area contributed by atoms with Gasteiger partial charge >= 0.3 is 0 Å². The first-order chi connectivity index (χ1) is 15.3. The molecule has 1 saturated carbocycles. The first kappa shape index (κ1) is 18.8. The number of nitrogens with zero attached hydrogens (tertiary/aromatic N) is 4. The Kier molecular flexibility index (Phi) is 4.85. The summed E-state index contributed by atoms with van der Waals surface area (Å²) in [5.74, 6) is 0. The van der Waals surface area contributed by atoms with Gasteiger partial charge in [0.05, 0.1) is 17.9 Å². The number of aromatic nitrogens is 1. The molecule has 5 nitrogen and oxygen atoms in total. The molecule has 1 saturated heterocycles. The number of benzene rings is 2. The quantitative estimate of drug-likeness (QED) is 0.705. The van der Waals surface area contributed by atoms with Crippen molar-refractivity contribution in [2.75, 3.05) is 37.7 Å². The van der Waals surface area contributed by atoms with Crippen LogP contribution in [0.25, 0.3) is 22.2 Å². The summed E-state index contributed by atoms with van der Waals surface area (Å²) in [6.45, 7) is 5.62. The van der Waals surface area contributed by atoms with E-state index in [1.165, 1.54) is 37.0 Å². The van der Waals surface area contributed by atoms with Gasteiger partial charge in [0, 0.05) is 67.3 Å². The normalized spacial score (nSPS) is 24.0. The van der Waals surface area contributed by atoms with Crippen molar-refractivity contribution in [3.8, 4) is 11.3 Å². The first-order valence-electron chi connectivity index (χ1n) is 11.5. The molecule has 0 amide bonds. The molecule has 5 heteroatoms. The fourth-order valence-corrected chi connectivity index (χ4v) is 5.07. The number of anilines is 1. The number of nitrogens with one attached hydrogen (secondary N) is 1. The van der Waals surface area contributed by atoms with Crippen molar-refractivity contribution >= 4 is 16.6 Å². The molecule has 3 aliphatic rings. The van der Waals surface area contributed by atoms with Gasteiger partial charge in [-0.2, -0.15) is 0 Å². The van der Waals surface area contributed by atoms with Gasteiger partial charge in [0.25, 0.3) is 0 Å². The second-order valence-electron chi connectivity index (χ2n) is 8.93. The maximum atomic E-state index is 4.95. The fraction of sp³-hybridized carbons (Fsp3) is 0.346. The van der Waals surface area contributed by atoms with Crippen molar-refractivity contribution in [1.82, 2.24) is 20.1 Å². The third-order valence-corrected chi connectivity index (χ3v) is 7.06. The van der Waals surface area contributed by atoms with Gasteiger partial charge in [0.15, 0.2) is 0 Å². The fourth-order valence-electron chi connectivity index (χ4n) is 5.07. The molecule has 2 aromatic carbocycles. The zero-order chi connectivity index (χ0) is 20.6. The highest BCUT2D eigenvalue weighted by atomic mass is 15.4. The number of piperazine rings is 1. The van der Waals surface area contributed by atoms with Crippen molar-refractivity contribution in [1.29, 1.82) is 0 Å². The second kappa shape index (κ2) is 7.98. The molecule has 6 rings (SSSR count). The van der Waals surface area contributed by atoms with Crippen LogP contribution in [-0.4, -0.2) is 59.7 Å². The lowest BCUT2D eigenvalue weighted by Crippen LogP contribution is -2.57. The van der Waals surface area contributed by atoms with E-state index in [1.54, 1.807) is 0 Å². The lowest BCUT2D eigenvalue weighted by Gasteiger charge is -2.47. The van der Waals surface area contributed by atoms with Crippen LogP contribution in [0.2, 0.25) is 0 Å². The highest BCUT2D eigenvalue weighted by Crippen LogP contribution is 2.33. The summed E-state index contributed by atoms with van der Waals surface area (Å²) < 4.78 is 0. The summed E-state index contributed by atoms with van der Waals surface area (Å²) in [6, 6.07) is 22.8. The number of pyridine rings is 1. The van der Waals surface area contributed by atoms with E-state index in [2.05, 4.69) is 87.0 Å². The van der Waals surface area contributed by atoms with Crippen molar-refractivity contribution < 1.29 is 0 Å². The van der Waals surface area contributed by atoms with E-state index in [9.17, 15) is 0 Å². The molecule has 1 aromatic heterocycles. The lowest BCUT2D eigenvalue weighted by atomic mass is 9.84. The molecule has 0 spiro atoms. The Morgan fingerprint density at radius 3 is 2.48 bits per heavy atom. The molecule has 3 heterocycles. The molecule has 0 radical (unpaired) electrons. The summed E-state index contributed by atoms with van der Waals surface area (Å²) >= 11 is 0. The molecule has 1 N–H and O–H groups in total. The van der Waals surface area contributed by atoms with Crippen LogP contribution >= 0.6 is 0 Å². The number of hydrogen-bond donors (Lipinski definition) is 1. The molecule has 0 unspecified atom stereocenters. The van der Waals surface area contributed by atoms with E-state index in [1.807, 2.05) is 6.07 Å². The largest absolute Gasteiger partial charge is 0.355 e. The predicted molar refractivity (Wildman–Crippen MR) is 127 cm³/mol. The van der Waals surface area contributed by atoms with Crippen molar-refractivity contribution in [3.05, 3.63) is 73.1 Å². The molecular weight excluding hydrogens is 382 g/mol. The van der Waals surface area contributed by atoms with E-state index in [4.69, 9.17) is 4.98 Å². The SMILES string of the molecule is C1=CN(C2CC(N3CCNCC3)C2)CN1c1ccc2ccc(-c3ccccc3)nc2c1. The lowest BCUT2D eigenvalue weighted by molar-refractivity contribution is 0.0473. The molecule has 0 atom stereocenters. The van der Waals surface area contributed by atoms with Gasteiger partial charge in [-0.05, 0) is 31.0 Å². The van der Waals surface area contributed by atoms with Crippen LogP contribution in [0.5, 0.6) is 0 Å².